The van der Waals surface area contributed by atoms with E-state index in [4.69, 9.17) is 9.90 Å². The summed E-state index contributed by atoms with van der Waals surface area (Å²) in [6.45, 7) is 2.90. The predicted molar refractivity (Wildman–Crippen MR) is 15.2 cm³/mol. The summed E-state index contributed by atoms with van der Waals surface area (Å²) in [6, 6.07) is 0. The van der Waals surface area contributed by atoms with Crippen LogP contribution < -0.4 is 5.11 Å². The molecule has 0 aromatic carbocycles. The monoisotopic (exact) mass is 161 g/mol. The van der Waals surface area contributed by atoms with Crippen LogP contribution in [0.3, 0.4) is 0 Å². The molecular formula is C3H3O2Zr+3. The second-order valence-electron chi connectivity index (χ2n) is 0.523. The number of rotatable bonds is 1. The van der Waals surface area contributed by atoms with Crippen LogP contribution in [-0.4, -0.2) is 5.97 Å². The van der Waals surface area contributed by atoms with Crippen LogP contribution in [0.2, 0.25) is 0 Å². The second-order valence-corrected chi connectivity index (χ2v) is 0.523. The van der Waals surface area contributed by atoms with E-state index in [1.807, 2.05) is 0 Å². The molecular weight excluding hydrogens is 159 g/mol. The normalized spacial score (nSPS) is 5.33. The van der Waals surface area contributed by atoms with Crippen LogP contribution >= 0.6 is 0 Å². The molecule has 0 fully saturated rings. The molecule has 0 unspecified atom stereocenters. The van der Waals surface area contributed by atoms with Gasteiger partial charge in [0.15, 0.2) is 0 Å². The first-order valence-electron chi connectivity index (χ1n) is 1.11. The first-order chi connectivity index (χ1) is 2.27. The second kappa shape index (κ2) is 5.09. The van der Waals surface area contributed by atoms with Crippen molar-refractivity contribution in [3.8, 4) is 0 Å². The van der Waals surface area contributed by atoms with Gasteiger partial charge in [0, 0.05) is 0 Å². The summed E-state index contributed by atoms with van der Waals surface area (Å²) in [5, 5.41) is 9.14. The van der Waals surface area contributed by atoms with Gasteiger partial charge in [-0.1, -0.05) is 6.58 Å². The fourth-order valence-electron chi connectivity index (χ4n) is 0. The van der Waals surface area contributed by atoms with Crippen LogP contribution in [0.15, 0.2) is 12.7 Å². The minimum atomic E-state index is -1.23. The summed E-state index contributed by atoms with van der Waals surface area (Å²) in [7, 11) is 0. The Hall–Kier alpha value is 0.0931. The molecule has 0 aromatic rings. The standard InChI is InChI=1S/C3H4O2.Zr/c1-2-3(4)5;/h2H,1H2,(H,4,5);/q;+4/p-1. The molecule has 0 rings (SSSR count). The van der Waals surface area contributed by atoms with Gasteiger partial charge in [-0.3, -0.25) is 0 Å². The summed E-state index contributed by atoms with van der Waals surface area (Å²) >= 11 is 0. The van der Waals surface area contributed by atoms with Crippen molar-refractivity contribution in [1.29, 1.82) is 0 Å². The maximum Gasteiger partial charge on any atom is 4.00 e. The summed E-state index contributed by atoms with van der Waals surface area (Å²) in [5.74, 6) is -1.23. The topological polar surface area (TPSA) is 40.1 Å². The van der Waals surface area contributed by atoms with Crippen molar-refractivity contribution >= 4 is 5.97 Å². The van der Waals surface area contributed by atoms with Crippen LogP contribution in [0.5, 0.6) is 0 Å². The molecule has 0 amide bonds. The van der Waals surface area contributed by atoms with Gasteiger partial charge in [0.25, 0.3) is 0 Å². The Bertz CT molecular complexity index is 59.8. The van der Waals surface area contributed by atoms with E-state index in [9.17, 15) is 0 Å². The molecule has 28 valence electrons. The molecule has 0 saturated carbocycles. The minimum Gasteiger partial charge on any atom is -0.545 e. The number of hydrogen-bond donors (Lipinski definition) is 0. The van der Waals surface area contributed by atoms with Gasteiger partial charge in [0.05, 0.1) is 5.97 Å². The molecule has 0 N–H and O–H groups in total. The van der Waals surface area contributed by atoms with E-state index in [1.54, 1.807) is 0 Å². The van der Waals surface area contributed by atoms with Crippen LogP contribution in [0.4, 0.5) is 0 Å². The molecule has 0 spiro atoms. The van der Waals surface area contributed by atoms with Crippen molar-refractivity contribution < 1.29 is 36.1 Å². The van der Waals surface area contributed by atoms with Crippen LogP contribution in [0.25, 0.3) is 0 Å². The van der Waals surface area contributed by atoms with E-state index in [0.717, 1.165) is 6.08 Å². The molecule has 3 heteroatoms. The molecule has 0 aliphatic carbocycles. The third kappa shape index (κ3) is 8.94. The van der Waals surface area contributed by atoms with E-state index >= 15 is 0 Å². The summed E-state index contributed by atoms with van der Waals surface area (Å²) in [6.07, 6.45) is 0.722. The molecule has 0 aliphatic heterocycles. The third-order valence-corrected chi connectivity index (χ3v) is 0.167. The van der Waals surface area contributed by atoms with Crippen molar-refractivity contribution in [2.24, 2.45) is 0 Å². The van der Waals surface area contributed by atoms with Gasteiger partial charge in [-0.15, -0.1) is 0 Å². The number of hydrogen-bond acceptors (Lipinski definition) is 2. The number of aliphatic carboxylic acids is 1. The quantitative estimate of drug-likeness (QED) is 0.460. The first kappa shape index (κ1) is 9.43. The first-order valence-corrected chi connectivity index (χ1v) is 1.11. The summed E-state index contributed by atoms with van der Waals surface area (Å²) < 4.78 is 0. The van der Waals surface area contributed by atoms with E-state index < -0.39 is 5.97 Å². The number of carboxylic acid groups (broad SMARTS) is 1. The summed E-state index contributed by atoms with van der Waals surface area (Å²) in [4.78, 5) is 9.14. The Morgan fingerprint density at radius 1 is 1.83 bits per heavy atom. The molecule has 0 radical (unpaired) electrons. The molecule has 0 heterocycles. The average Bonchev–Trinajstić information content (AvgIpc) is 1.38. The van der Waals surface area contributed by atoms with Gasteiger partial charge in [0.2, 0.25) is 0 Å². The molecule has 0 aromatic heterocycles. The van der Waals surface area contributed by atoms with Gasteiger partial charge in [-0.05, 0) is 6.08 Å². The largest absolute Gasteiger partial charge is 4.00 e. The van der Waals surface area contributed by atoms with Gasteiger partial charge in [0.1, 0.15) is 0 Å². The maximum absolute atomic E-state index is 9.14. The third-order valence-electron chi connectivity index (χ3n) is 0.167. The molecule has 0 atom stereocenters. The van der Waals surface area contributed by atoms with Gasteiger partial charge in [-0.25, -0.2) is 0 Å². The van der Waals surface area contributed by atoms with Crippen molar-refractivity contribution in [3.05, 3.63) is 12.7 Å². The van der Waals surface area contributed by atoms with Crippen LogP contribution in [0.1, 0.15) is 0 Å². The molecule has 2 nitrogen and oxygen atoms in total. The Kier molecular flexibility index (Phi) is 8.01. The number of carbonyl (C=O) groups is 1. The van der Waals surface area contributed by atoms with E-state index in [1.165, 1.54) is 0 Å². The fourth-order valence-corrected chi connectivity index (χ4v) is 0. The SMILES string of the molecule is C=CC(=O)[O-].[Zr+4]. The number of carboxylic acids is 1. The molecule has 6 heavy (non-hydrogen) atoms. The predicted octanol–water partition coefficient (Wildman–Crippen LogP) is -1.08. The number of carbonyl (C=O) groups excluding carboxylic acids is 1. The average molecular weight is 162 g/mol. The van der Waals surface area contributed by atoms with Crippen molar-refractivity contribution in [1.82, 2.24) is 0 Å². The molecule has 0 bridgehead atoms. The van der Waals surface area contributed by atoms with Gasteiger partial charge < -0.3 is 9.90 Å². The maximum atomic E-state index is 9.14. The van der Waals surface area contributed by atoms with Crippen molar-refractivity contribution in [2.45, 2.75) is 0 Å². The Morgan fingerprint density at radius 2 is 2.00 bits per heavy atom. The van der Waals surface area contributed by atoms with Gasteiger partial charge in [-0.2, -0.15) is 0 Å². The van der Waals surface area contributed by atoms with Crippen molar-refractivity contribution in [3.63, 3.8) is 0 Å². The van der Waals surface area contributed by atoms with E-state index in [0.29, 0.717) is 0 Å². The van der Waals surface area contributed by atoms with Gasteiger partial charge >= 0.3 is 26.2 Å². The minimum absolute atomic E-state index is 0. The zero-order valence-corrected chi connectivity index (χ0v) is 5.56. The summed E-state index contributed by atoms with van der Waals surface area (Å²) in [5.41, 5.74) is 0. The Morgan fingerprint density at radius 3 is 2.00 bits per heavy atom. The Labute approximate surface area is 55.0 Å². The Balaban J connectivity index is 0. The zero-order valence-electron chi connectivity index (χ0n) is 3.10. The van der Waals surface area contributed by atoms with Crippen molar-refractivity contribution in [2.75, 3.05) is 0 Å². The smallest absolute Gasteiger partial charge is 0.545 e. The fraction of sp³-hybridized carbons (Fsp3) is 0. The van der Waals surface area contributed by atoms with E-state index in [-0.39, 0.29) is 26.2 Å². The zero-order chi connectivity index (χ0) is 4.28. The van der Waals surface area contributed by atoms with Crippen LogP contribution in [0, 0.1) is 0 Å². The molecule has 0 saturated heterocycles. The van der Waals surface area contributed by atoms with Crippen LogP contribution in [-0.2, 0) is 31.0 Å². The molecule has 0 aliphatic rings. The van der Waals surface area contributed by atoms with E-state index in [2.05, 4.69) is 6.58 Å².